The van der Waals surface area contributed by atoms with Gasteiger partial charge in [-0.1, -0.05) is 23.7 Å². The van der Waals surface area contributed by atoms with Gasteiger partial charge in [0.15, 0.2) is 0 Å². The first-order chi connectivity index (χ1) is 21.6. The van der Waals surface area contributed by atoms with Crippen LogP contribution in [0.4, 0.5) is 17.6 Å². The minimum absolute atomic E-state index is 0.0810. The standard InChI is InChI=1S/C33H37ClF4N4O3/c1-40-18-25(36)26(19-40)39-32(44)33(21-2-5-23(35)6-3-21)10-12-41(13-11-33)31(43)28-24-16-22(34)4-7-27(24)42(29(28)30(37)38)17-20-8-14-45-15-9-20/h2-7,16,20,25-26,30H,8-15,17-19H2,1H3,(H,39,44)/t25-,26+/m1/s1. The predicted molar refractivity (Wildman–Crippen MR) is 163 cm³/mol. The summed E-state index contributed by atoms with van der Waals surface area (Å²) in [6.45, 7) is 2.18. The third-order valence-corrected chi connectivity index (χ3v) is 9.99. The van der Waals surface area contributed by atoms with Crippen molar-refractivity contribution in [3.05, 3.63) is 70.1 Å². The topological polar surface area (TPSA) is 66.8 Å². The van der Waals surface area contributed by atoms with E-state index in [0.29, 0.717) is 47.8 Å². The molecular weight excluding hydrogens is 612 g/mol. The van der Waals surface area contributed by atoms with Gasteiger partial charge in [-0.3, -0.25) is 9.59 Å². The van der Waals surface area contributed by atoms with E-state index in [1.54, 1.807) is 46.8 Å². The highest BCUT2D eigenvalue weighted by molar-refractivity contribution is 6.31. The van der Waals surface area contributed by atoms with Crippen LogP contribution in [0.3, 0.4) is 0 Å². The maximum atomic E-state index is 14.9. The van der Waals surface area contributed by atoms with Crippen molar-refractivity contribution in [2.75, 3.05) is 46.4 Å². The van der Waals surface area contributed by atoms with Gasteiger partial charge in [0.25, 0.3) is 12.3 Å². The lowest BCUT2D eigenvalue weighted by Gasteiger charge is -2.41. The van der Waals surface area contributed by atoms with Gasteiger partial charge < -0.3 is 24.4 Å². The van der Waals surface area contributed by atoms with E-state index in [2.05, 4.69) is 5.32 Å². The van der Waals surface area contributed by atoms with Crippen molar-refractivity contribution in [3.63, 3.8) is 0 Å². The third-order valence-electron chi connectivity index (χ3n) is 9.75. The number of likely N-dealkylation sites (tertiary alicyclic amines) is 2. The molecule has 242 valence electrons. The first kappa shape index (κ1) is 31.8. The average Bonchev–Trinajstić information content (AvgIpc) is 3.52. The molecule has 0 aliphatic carbocycles. The van der Waals surface area contributed by atoms with Crippen LogP contribution in [0.2, 0.25) is 5.02 Å². The number of ether oxygens (including phenoxy) is 1. The molecule has 3 aromatic rings. The number of fused-ring (bicyclic) bond motifs is 1. The fourth-order valence-electron chi connectivity index (χ4n) is 7.24. The van der Waals surface area contributed by atoms with Crippen molar-refractivity contribution >= 4 is 34.3 Å². The normalized spacial score (nSPS) is 22.8. The highest BCUT2D eigenvalue weighted by Gasteiger charge is 2.46. The summed E-state index contributed by atoms with van der Waals surface area (Å²) in [5.74, 6) is -1.28. The van der Waals surface area contributed by atoms with Crippen LogP contribution in [0, 0.1) is 11.7 Å². The Kier molecular flexibility index (Phi) is 9.14. The fraction of sp³-hybridized carbons (Fsp3) is 0.515. The van der Waals surface area contributed by atoms with E-state index in [0.717, 1.165) is 12.8 Å². The molecule has 0 spiro atoms. The van der Waals surface area contributed by atoms with Crippen molar-refractivity contribution in [1.29, 1.82) is 0 Å². The van der Waals surface area contributed by atoms with Crippen LogP contribution >= 0.6 is 11.6 Å². The molecule has 3 aliphatic heterocycles. The van der Waals surface area contributed by atoms with Crippen LogP contribution in [-0.4, -0.2) is 84.8 Å². The zero-order valence-electron chi connectivity index (χ0n) is 25.1. The number of nitrogens with zero attached hydrogens (tertiary/aromatic N) is 3. The van der Waals surface area contributed by atoms with E-state index in [4.69, 9.17) is 16.3 Å². The summed E-state index contributed by atoms with van der Waals surface area (Å²) in [6.07, 6.45) is -2.37. The molecule has 3 fully saturated rings. The lowest BCUT2D eigenvalue weighted by Crippen LogP contribution is -2.56. The van der Waals surface area contributed by atoms with Crippen molar-refractivity contribution in [2.24, 2.45) is 5.92 Å². The molecule has 3 aliphatic rings. The van der Waals surface area contributed by atoms with Crippen molar-refractivity contribution in [3.8, 4) is 0 Å². The molecule has 3 saturated heterocycles. The van der Waals surface area contributed by atoms with Gasteiger partial charge in [-0.25, -0.2) is 17.6 Å². The minimum atomic E-state index is -2.91. The van der Waals surface area contributed by atoms with Crippen molar-refractivity contribution in [1.82, 2.24) is 19.7 Å². The first-order valence-electron chi connectivity index (χ1n) is 15.4. The second kappa shape index (κ2) is 12.9. The summed E-state index contributed by atoms with van der Waals surface area (Å²) in [6, 6.07) is 9.81. The van der Waals surface area contributed by atoms with Gasteiger partial charge in [0, 0.05) is 61.9 Å². The molecule has 1 aromatic heterocycles. The molecule has 12 heteroatoms. The van der Waals surface area contributed by atoms with Crippen LogP contribution in [0.25, 0.3) is 10.9 Å². The Morgan fingerprint density at radius 1 is 1.07 bits per heavy atom. The lowest BCUT2D eigenvalue weighted by molar-refractivity contribution is -0.129. The Balaban J connectivity index is 1.31. The van der Waals surface area contributed by atoms with E-state index in [9.17, 15) is 27.2 Å². The number of rotatable bonds is 7. The Morgan fingerprint density at radius 3 is 2.38 bits per heavy atom. The second-order valence-corrected chi connectivity index (χ2v) is 13.0. The summed E-state index contributed by atoms with van der Waals surface area (Å²) in [4.78, 5) is 31.4. The summed E-state index contributed by atoms with van der Waals surface area (Å²) in [7, 11) is 1.78. The largest absolute Gasteiger partial charge is 0.381 e. The fourth-order valence-corrected chi connectivity index (χ4v) is 7.41. The molecule has 7 nitrogen and oxygen atoms in total. The Morgan fingerprint density at radius 2 is 1.76 bits per heavy atom. The number of hydrogen-bond acceptors (Lipinski definition) is 4. The molecule has 45 heavy (non-hydrogen) atoms. The van der Waals surface area contributed by atoms with Crippen LogP contribution in [0.1, 0.15) is 53.7 Å². The van der Waals surface area contributed by atoms with Gasteiger partial charge in [-0.05, 0) is 74.5 Å². The molecule has 4 heterocycles. The number of likely N-dealkylation sites (N-methyl/N-ethyl adjacent to an activating group) is 1. The second-order valence-electron chi connectivity index (χ2n) is 12.6. The molecule has 0 saturated carbocycles. The molecule has 0 radical (unpaired) electrons. The van der Waals surface area contributed by atoms with Gasteiger partial charge in [-0.15, -0.1) is 0 Å². The van der Waals surface area contributed by atoms with Crippen molar-refractivity contribution in [2.45, 2.75) is 56.3 Å². The predicted octanol–water partition coefficient (Wildman–Crippen LogP) is 5.74. The van der Waals surface area contributed by atoms with Gasteiger partial charge in [-0.2, -0.15) is 0 Å². The molecular formula is C33H37ClF4N4O3. The number of alkyl halides is 3. The maximum Gasteiger partial charge on any atom is 0.279 e. The number of aromatic nitrogens is 1. The zero-order valence-corrected chi connectivity index (χ0v) is 25.8. The summed E-state index contributed by atoms with van der Waals surface area (Å²) < 4.78 is 65.3. The number of nitrogens with one attached hydrogen (secondary N) is 1. The molecule has 6 rings (SSSR count). The number of carbonyl (C=O) groups excluding carboxylic acids is 2. The minimum Gasteiger partial charge on any atom is -0.381 e. The third kappa shape index (κ3) is 6.18. The molecule has 2 aromatic carbocycles. The Bertz CT molecular complexity index is 1550. The number of halogens is 5. The number of hydrogen-bond donors (Lipinski definition) is 1. The first-order valence-corrected chi connectivity index (χ1v) is 15.8. The zero-order chi connectivity index (χ0) is 31.9. The lowest BCUT2D eigenvalue weighted by atomic mass is 9.71. The van der Waals surface area contributed by atoms with E-state index < -0.39 is 41.7 Å². The van der Waals surface area contributed by atoms with E-state index in [1.807, 2.05) is 0 Å². The number of carbonyl (C=O) groups is 2. The molecule has 2 amide bonds. The molecule has 1 N–H and O–H groups in total. The number of benzene rings is 2. The molecule has 2 atom stereocenters. The van der Waals surface area contributed by atoms with Crippen LogP contribution in [-0.2, 0) is 21.5 Å². The molecule has 0 unspecified atom stereocenters. The van der Waals surface area contributed by atoms with Crippen molar-refractivity contribution < 1.29 is 31.9 Å². The SMILES string of the molecule is CN1C[C@@H](F)[C@@H](NC(=O)C2(c3ccc(F)cc3)CCN(C(=O)c3c(C(F)F)n(CC4CCOCC4)c4ccc(Cl)cc34)CC2)C1. The maximum absolute atomic E-state index is 14.9. The number of piperidine rings is 1. The van der Waals surface area contributed by atoms with Gasteiger partial charge in [0.1, 0.15) is 12.0 Å². The highest BCUT2D eigenvalue weighted by atomic mass is 35.5. The Labute approximate surface area is 264 Å². The summed E-state index contributed by atoms with van der Waals surface area (Å²) in [5, 5.41) is 3.57. The van der Waals surface area contributed by atoms with E-state index in [-0.39, 0.29) is 49.7 Å². The monoisotopic (exact) mass is 648 g/mol. The Hall–Kier alpha value is -3.15. The van der Waals surface area contributed by atoms with Gasteiger partial charge in [0.2, 0.25) is 5.91 Å². The van der Waals surface area contributed by atoms with Crippen LogP contribution < -0.4 is 5.32 Å². The van der Waals surface area contributed by atoms with E-state index >= 15 is 0 Å². The quantitative estimate of drug-likeness (QED) is 0.332. The summed E-state index contributed by atoms with van der Waals surface area (Å²) >= 11 is 6.32. The highest BCUT2D eigenvalue weighted by Crippen LogP contribution is 2.40. The molecule has 0 bridgehead atoms. The van der Waals surface area contributed by atoms with E-state index in [1.165, 1.54) is 17.0 Å². The van der Waals surface area contributed by atoms with Crippen LogP contribution in [0.5, 0.6) is 0 Å². The summed E-state index contributed by atoms with van der Waals surface area (Å²) in [5.41, 5.74) is -0.497. The number of amides is 2. The van der Waals surface area contributed by atoms with Crippen LogP contribution in [0.15, 0.2) is 42.5 Å². The smallest absolute Gasteiger partial charge is 0.279 e. The average molecular weight is 649 g/mol. The van der Waals surface area contributed by atoms with Gasteiger partial charge in [0.05, 0.1) is 22.7 Å². The van der Waals surface area contributed by atoms with Gasteiger partial charge >= 0.3 is 0 Å².